The van der Waals surface area contributed by atoms with Crippen molar-refractivity contribution < 1.29 is 8.83 Å². The minimum absolute atomic E-state index is 0. The van der Waals surface area contributed by atoms with E-state index in [-0.39, 0.29) is 42.9 Å². The molecule has 14 heteroatoms. The molecule has 0 atom stereocenters. The number of aromatic nitrogens is 4. The van der Waals surface area contributed by atoms with Gasteiger partial charge in [-0.15, -0.1) is 0 Å². The third-order valence-electron chi connectivity index (χ3n) is 4.84. The molecule has 0 spiro atoms. The van der Waals surface area contributed by atoms with Crippen LogP contribution in [0.25, 0.3) is 27.0 Å². The van der Waals surface area contributed by atoms with Crippen molar-refractivity contribution in [3.63, 3.8) is 0 Å². The molecule has 4 rings (SSSR count). The molecule has 0 saturated carbocycles. The van der Waals surface area contributed by atoms with E-state index in [1.807, 2.05) is 29.5 Å². The minimum atomic E-state index is -0.750. The van der Waals surface area contributed by atoms with Crippen LogP contribution < -0.4 is 22.4 Å². The van der Waals surface area contributed by atoms with Gasteiger partial charge in [0.2, 0.25) is 11.4 Å². The molecule has 0 aliphatic carbocycles. The zero-order valence-electron chi connectivity index (χ0n) is 18.9. The first-order chi connectivity index (χ1) is 16.7. The fraction of sp³-hybridized carbons (Fsp3) is 0.348. The number of halogens is 1. The second-order valence-electron chi connectivity index (χ2n) is 6.73. The van der Waals surface area contributed by atoms with Gasteiger partial charge in [0, 0.05) is 0 Å². The molecule has 4 aromatic rings. The monoisotopic (exact) mass is 659 g/mol. The van der Waals surface area contributed by atoms with Crippen LogP contribution in [0, 0.1) is 10.1 Å². The number of nitrogens with zero attached hydrogens (tertiary/aromatic N) is 3. The average Bonchev–Trinajstić information content (AvgIpc) is 2.84. The van der Waals surface area contributed by atoms with Crippen LogP contribution >= 0.6 is 46.1 Å². The Morgan fingerprint density at radius 3 is 1.68 bits per heavy atom. The smallest absolute Gasteiger partial charge is 0.351 e. The summed E-state index contributed by atoms with van der Waals surface area (Å²) < 4.78 is 10.4. The number of aromatic amines is 2. The van der Waals surface area contributed by atoms with Crippen molar-refractivity contribution in [2.24, 2.45) is 0 Å². The summed E-state index contributed by atoms with van der Waals surface area (Å²) in [7, 11) is 0. The molecule has 0 aliphatic rings. The Bertz CT molecular complexity index is 1720. The van der Waals surface area contributed by atoms with E-state index < -0.39 is 16.8 Å². The first kappa shape index (κ1) is 32.1. The second kappa shape index (κ2) is 13.6. The maximum absolute atomic E-state index is 11.9. The van der Waals surface area contributed by atoms with Gasteiger partial charge in [0.05, 0.1) is 12.0 Å². The average molecular weight is 660 g/mol. The third-order valence-corrected chi connectivity index (χ3v) is 7.09. The Morgan fingerprint density at radius 2 is 1.27 bits per heavy atom. The molecule has 0 aliphatic heterocycles. The van der Waals surface area contributed by atoms with Crippen molar-refractivity contribution in [2.75, 3.05) is 12.5 Å². The quantitative estimate of drug-likeness (QED) is 0.136. The van der Waals surface area contributed by atoms with Gasteiger partial charge in [-0.1, -0.05) is 52.2 Å². The predicted octanol–water partition coefficient (Wildman–Crippen LogP) is 4.75. The number of H-pyrrole nitrogens is 2. The van der Waals surface area contributed by atoms with Crippen LogP contribution in [0.4, 0.5) is 5.69 Å². The van der Waals surface area contributed by atoms with Crippen molar-refractivity contribution in [3.05, 3.63) is 67.7 Å². The fourth-order valence-electron chi connectivity index (χ4n) is 3.27. The third kappa shape index (κ3) is 6.33. The molecule has 0 aromatic carbocycles. The zero-order chi connectivity index (χ0) is 25.9. The number of fused-ring (bicyclic) bond motifs is 2. The first-order valence-electron chi connectivity index (χ1n) is 10.0. The van der Waals surface area contributed by atoms with E-state index in [1.165, 1.54) is 23.5 Å². The topological polar surface area (TPSA) is 156 Å². The molecule has 0 amide bonds. The number of aryl methyl sites for hydroxylation is 2. The summed E-state index contributed by atoms with van der Waals surface area (Å²) in [6.45, 7) is 10.6. The predicted molar refractivity (Wildman–Crippen MR) is 157 cm³/mol. The molecule has 0 unspecified atom stereocenters. The number of rotatable bonds is 4. The van der Waals surface area contributed by atoms with Crippen molar-refractivity contribution in [3.8, 4) is 0 Å². The summed E-state index contributed by atoms with van der Waals surface area (Å²) in [4.78, 5) is 63.6. The van der Waals surface area contributed by atoms with Crippen LogP contribution in [0.2, 0.25) is 0 Å². The van der Waals surface area contributed by atoms with E-state index in [4.69, 9.17) is 15.4 Å². The van der Waals surface area contributed by atoms with E-state index in [9.17, 15) is 19.2 Å². The second-order valence-corrected chi connectivity index (χ2v) is 9.40. The Balaban J connectivity index is 0.000000351. The largest absolute Gasteiger partial charge is 0.411 e. The fourth-order valence-corrected chi connectivity index (χ4v) is 4.77. The van der Waals surface area contributed by atoms with E-state index in [0.717, 1.165) is 0 Å². The highest BCUT2D eigenvalue weighted by Crippen LogP contribution is 2.23. The van der Waals surface area contributed by atoms with Gasteiger partial charge in [0.1, 0.15) is 8.96 Å². The highest BCUT2D eigenvalue weighted by Gasteiger charge is 2.18. The van der Waals surface area contributed by atoms with Crippen LogP contribution in [0.5, 0.6) is 0 Å². The summed E-state index contributed by atoms with van der Waals surface area (Å²) in [5.41, 5.74) is -0.824. The molecule has 2 N–H and O–H groups in total. The van der Waals surface area contributed by atoms with Gasteiger partial charge in [0.25, 0.3) is 16.8 Å². The van der Waals surface area contributed by atoms with E-state index in [1.54, 1.807) is 19.4 Å². The first-order valence-corrected chi connectivity index (χ1v) is 13.5. The van der Waals surface area contributed by atoms with Crippen LogP contribution in [0.15, 0.2) is 38.3 Å². The van der Waals surface area contributed by atoms with Gasteiger partial charge < -0.3 is 18.8 Å². The van der Waals surface area contributed by atoms with E-state index >= 15 is 0 Å². The molecule has 4 aromatic heterocycles. The van der Waals surface area contributed by atoms with Crippen LogP contribution in [0.1, 0.15) is 39.8 Å². The molecule has 0 radical (unpaired) electrons. The Labute approximate surface area is 233 Å². The summed E-state index contributed by atoms with van der Waals surface area (Å²) in [5, 5.41) is 1.36. The summed E-state index contributed by atoms with van der Waals surface area (Å²) in [6.07, 6.45) is 4.51. The van der Waals surface area contributed by atoms with Gasteiger partial charge in [-0.05, 0) is 59.1 Å². The number of hydrogen-bond donors (Lipinski definition) is 2. The lowest BCUT2D eigenvalue weighted by atomic mass is 10.1. The summed E-state index contributed by atoms with van der Waals surface area (Å²) >= 11 is 4.42. The molecule has 0 bridgehead atoms. The molecule has 11 nitrogen and oxygen atoms in total. The number of thioether (sulfide) groups is 2. The highest BCUT2D eigenvalue weighted by molar-refractivity contribution is 14.1. The lowest BCUT2D eigenvalue weighted by Gasteiger charge is -2.04. The molecule has 4 heterocycles. The Hall–Kier alpha value is -2.90. The number of nitrogens with one attached hydrogen (secondary N) is 2. The van der Waals surface area contributed by atoms with Gasteiger partial charge in [-0.3, -0.25) is 14.4 Å². The van der Waals surface area contributed by atoms with Crippen LogP contribution in [-0.4, -0.2) is 32.4 Å². The van der Waals surface area contributed by atoms with Crippen LogP contribution in [-0.2, 0) is 12.8 Å². The van der Waals surface area contributed by atoms with Gasteiger partial charge >= 0.3 is 11.3 Å². The van der Waals surface area contributed by atoms with Gasteiger partial charge in [-0.25, -0.2) is 9.64 Å². The molecule has 198 valence electrons. The SMILES string of the molecule is C.C.CCc1c(I)c(=O)oc2nc(SC)[nH]c(=O)c12.[C-]#[N+]c1c(CC)c2c(=O)[nH]c(SC)nc2oc1=O. The van der Waals surface area contributed by atoms with Crippen molar-refractivity contribution in [2.45, 2.75) is 51.9 Å². The minimum Gasteiger partial charge on any atom is -0.411 e. The highest BCUT2D eigenvalue weighted by atomic mass is 127. The summed E-state index contributed by atoms with van der Waals surface area (Å²) in [6, 6.07) is 0. The van der Waals surface area contributed by atoms with E-state index in [2.05, 4.69) is 24.8 Å². The Kier molecular flexibility index (Phi) is 11.8. The molecular weight excluding hydrogens is 633 g/mol. The van der Waals surface area contributed by atoms with Gasteiger partial charge in [-0.2, -0.15) is 9.97 Å². The maximum Gasteiger partial charge on any atom is 0.351 e. The summed E-state index contributed by atoms with van der Waals surface area (Å²) in [5.74, 6) is 0. The lowest BCUT2D eigenvalue weighted by Crippen LogP contribution is -2.17. The lowest BCUT2D eigenvalue weighted by molar-refractivity contribution is 0.536. The molecule has 37 heavy (non-hydrogen) atoms. The normalized spacial score (nSPS) is 10.2. The van der Waals surface area contributed by atoms with Crippen molar-refractivity contribution in [1.29, 1.82) is 0 Å². The number of hydrogen-bond acceptors (Lipinski definition) is 10. The van der Waals surface area contributed by atoms with Crippen molar-refractivity contribution in [1.82, 2.24) is 19.9 Å². The molecule has 0 saturated heterocycles. The molecule has 0 fully saturated rings. The van der Waals surface area contributed by atoms with Crippen molar-refractivity contribution >= 4 is 74.0 Å². The maximum atomic E-state index is 11.9. The molecular formula is C23H26IN5O6S2. The zero-order valence-corrected chi connectivity index (χ0v) is 22.7. The Morgan fingerprint density at radius 1 is 0.838 bits per heavy atom. The standard InChI is InChI=1S/C11H9N3O3S.C10H9IN2O3S.2CH4/c1-4-5-6-8(15)13-11(18-3)14-9(6)17-10(16)7(5)12-2;1-3-4-5-7(14)12-10(17-2)13-8(5)16-9(15)6(4)11;;/h4H2,1,3H3,(H,13,14,15);3H2,1-2H3,(H,12,13,14);2*1H4. The van der Waals surface area contributed by atoms with Crippen LogP contribution in [0.3, 0.4) is 0 Å². The van der Waals surface area contributed by atoms with E-state index in [0.29, 0.717) is 43.2 Å². The van der Waals surface area contributed by atoms with Gasteiger partial charge in [0.15, 0.2) is 10.3 Å².